The third-order valence-electron chi connectivity index (χ3n) is 2.62. The van der Waals surface area contributed by atoms with Gasteiger partial charge in [0.2, 0.25) is 5.91 Å². The predicted octanol–water partition coefficient (Wildman–Crippen LogP) is -0.340. The van der Waals surface area contributed by atoms with Gasteiger partial charge in [0.1, 0.15) is 6.54 Å². The highest BCUT2D eigenvalue weighted by atomic mass is 16.3. The van der Waals surface area contributed by atoms with Crippen LogP contribution in [0.4, 0.5) is 5.69 Å². The molecule has 1 aromatic heterocycles. The van der Waals surface area contributed by atoms with E-state index in [-0.39, 0.29) is 18.0 Å². The van der Waals surface area contributed by atoms with Gasteiger partial charge in [0.25, 0.3) is 5.56 Å². The summed E-state index contributed by atoms with van der Waals surface area (Å²) in [6.45, 7) is 2.08. The fraction of sp³-hybridized carbons (Fsp3) is 0.500. The van der Waals surface area contributed by atoms with E-state index < -0.39 is 6.10 Å². The Bertz CT molecular complexity index is 468. The Morgan fingerprint density at radius 1 is 1.56 bits per heavy atom. The number of carbonyl (C=O) groups is 1. The van der Waals surface area contributed by atoms with Gasteiger partial charge in [-0.1, -0.05) is 0 Å². The van der Waals surface area contributed by atoms with Crippen molar-refractivity contribution < 1.29 is 9.90 Å². The molecule has 0 spiro atoms. The molecule has 6 nitrogen and oxygen atoms in total. The summed E-state index contributed by atoms with van der Waals surface area (Å²) in [5.41, 5.74) is 5.74. The highest BCUT2D eigenvalue weighted by molar-refractivity contribution is 5.75. The Morgan fingerprint density at radius 2 is 2.22 bits per heavy atom. The molecular formula is C12H19N3O3. The van der Waals surface area contributed by atoms with E-state index in [1.807, 2.05) is 0 Å². The number of nitrogen functional groups attached to an aromatic ring is 1. The van der Waals surface area contributed by atoms with Gasteiger partial charge in [-0.05, 0) is 19.4 Å². The lowest BCUT2D eigenvalue weighted by atomic mass is 10.3. The zero-order valence-corrected chi connectivity index (χ0v) is 10.7. The number of likely N-dealkylation sites (N-methyl/N-ethyl adjacent to an activating group) is 1. The van der Waals surface area contributed by atoms with Crippen molar-refractivity contribution >= 4 is 11.6 Å². The first-order valence-corrected chi connectivity index (χ1v) is 5.78. The fourth-order valence-corrected chi connectivity index (χ4v) is 1.45. The third kappa shape index (κ3) is 4.21. The minimum atomic E-state index is -0.449. The molecule has 1 heterocycles. The average Bonchev–Trinajstić information content (AvgIpc) is 2.30. The van der Waals surface area contributed by atoms with Crippen LogP contribution in [0, 0.1) is 0 Å². The van der Waals surface area contributed by atoms with Crippen LogP contribution >= 0.6 is 0 Å². The first kappa shape index (κ1) is 14.2. The van der Waals surface area contributed by atoms with Gasteiger partial charge in [0, 0.05) is 31.5 Å². The molecular weight excluding hydrogens is 234 g/mol. The first-order chi connectivity index (χ1) is 8.40. The van der Waals surface area contributed by atoms with Crippen LogP contribution in [0.15, 0.2) is 23.1 Å². The van der Waals surface area contributed by atoms with Crippen molar-refractivity contribution in [2.75, 3.05) is 19.3 Å². The third-order valence-corrected chi connectivity index (χ3v) is 2.62. The molecule has 0 radical (unpaired) electrons. The number of amides is 1. The summed E-state index contributed by atoms with van der Waals surface area (Å²) in [5, 5.41) is 9.14. The molecule has 0 saturated heterocycles. The number of rotatable bonds is 5. The van der Waals surface area contributed by atoms with Crippen LogP contribution < -0.4 is 11.3 Å². The highest BCUT2D eigenvalue weighted by Gasteiger charge is 2.11. The van der Waals surface area contributed by atoms with Gasteiger partial charge in [-0.3, -0.25) is 9.59 Å². The Labute approximate surface area is 106 Å². The van der Waals surface area contributed by atoms with E-state index in [9.17, 15) is 9.59 Å². The van der Waals surface area contributed by atoms with Gasteiger partial charge in [-0.2, -0.15) is 0 Å². The van der Waals surface area contributed by atoms with Gasteiger partial charge in [-0.25, -0.2) is 0 Å². The lowest BCUT2D eigenvalue weighted by Crippen LogP contribution is -2.35. The lowest BCUT2D eigenvalue weighted by molar-refractivity contribution is -0.130. The van der Waals surface area contributed by atoms with Crippen LogP contribution in [0.1, 0.15) is 13.3 Å². The highest BCUT2D eigenvalue weighted by Crippen LogP contribution is 1.98. The van der Waals surface area contributed by atoms with Gasteiger partial charge in [0.15, 0.2) is 0 Å². The average molecular weight is 253 g/mol. The van der Waals surface area contributed by atoms with E-state index in [1.165, 1.54) is 27.8 Å². The van der Waals surface area contributed by atoms with Crippen LogP contribution in [0.3, 0.4) is 0 Å². The summed E-state index contributed by atoms with van der Waals surface area (Å²) < 4.78 is 1.27. The zero-order valence-electron chi connectivity index (χ0n) is 10.7. The van der Waals surface area contributed by atoms with Crippen molar-refractivity contribution in [2.24, 2.45) is 0 Å². The number of nitrogens with two attached hydrogens (primary N) is 1. The van der Waals surface area contributed by atoms with Crippen molar-refractivity contribution in [1.82, 2.24) is 9.47 Å². The van der Waals surface area contributed by atoms with Crippen LogP contribution in [-0.4, -0.2) is 40.2 Å². The Kier molecular flexibility index (Phi) is 4.91. The first-order valence-electron chi connectivity index (χ1n) is 5.78. The summed E-state index contributed by atoms with van der Waals surface area (Å²) in [6.07, 6.45) is 1.51. The molecule has 6 heteroatoms. The van der Waals surface area contributed by atoms with Crippen LogP contribution in [0.25, 0.3) is 0 Å². The SMILES string of the molecule is CC(O)CCN(C)C(=O)Cn1cc(N)ccc1=O. The topological polar surface area (TPSA) is 88.6 Å². The lowest BCUT2D eigenvalue weighted by Gasteiger charge is -2.18. The van der Waals surface area contributed by atoms with Crippen molar-refractivity contribution in [3.8, 4) is 0 Å². The summed E-state index contributed by atoms with van der Waals surface area (Å²) in [4.78, 5) is 24.8. The molecule has 0 aliphatic carbocycles. The monoisotopic (exact) mass is 253 g/mol. The van der Waals surface area contributed by atoms with Gasteiger partial charge < -0.3 is 20.3 Å². The summed E-state index contributed by atoms with van der Waals surface area (Å²) in [5.74, 6) is -0.191. The number of aliphatic hydroxyl groups is 1. The molecule has 0 saturated carbocycles. The smallest absolute Gasteiger partial charge is 0.251 e. The van der Waals surface area contributed by atoms with Crippen molar-refractivity contribution in [2.45, 2.75) is 26.0 Å². The summed E-state index contributed by atoms with van der Waals surface area (Å²) in [6, 6.07) is 2.83. The number of aromatic nitrogens is 1. The minimum Gasteiger partial charge on any atom is -0.398 e. The Balaban J connectivity index is 2.64. The summed E-state index contributed by atoms with van der Waals surface area (Å²) in [7, 11) is 1.64. The molecule has 1 aromatic rings. The molecule has 1 atom stereocenters. The number of hydrogen-bond acceptors (Lipinski definition) is 4. The van der Waals surface area contributed by atoms with Crippen LogP contribution in [0.5, 0.6) is 0 Å². The number of nitrogens with zero attached hydrogens (tertiary/aromatic N) is 2. The van der Waals surface area contributed by atoms with E-state index >= 15 is 0 Å². The van der Waals surface area contributed by atoms with Gasteiger partial charge >= 0.3 is 0 Å². The predicted molar refractivity (Wildman–Crippen MR) is 69.0 cm³/mol. The normalized spacial score (nSPS) is 12.2. The number of hydrogen-bond donors (Lipinski definition) is 2. The second kappa shape index (κ2) is 6.20. The molecule has 3 N–H and O–H groups in total. The zero-order chi connectivity index (χ0) is 13.7. The maximum absolute atomic E-state index is 11.8. The van der Waals surface area contributed by atoms with E-state index in [0.29, 0.717) is 18.7 Å². The van der Waals surface area contributed by atoms with Gasteiger partial charge in [0.05, 0.1) is 6.10 Å². The van der Waals surface area contributed by atoms with E-state index in [2.05, 4.69) is 0 Å². The maximum Gasteiger partial charge on any atom is 0.251 e. The van der Waals surface area contributed by atoms with E-state index in [4.69, 9.17) is 10.8 Å². The second-order valence-corrected chi connectivity index (χ2v) is 4.38. The van der Waals surface area contributed by atoms with Crippen LogP contribution in [0.2, 0.25) is 0 Å². The molecule has 0 fully saturated rings. The molecule has 1 rings (SSSR count). The van der Waals surface area contributed by atoms with Crippen molar-refractivity contribution in [3.05, 3.63) is 28.7 Å². The van der Waals surface area contributed by atoms with Crippen LogP contribution in [-0.2, 0) is 11.3 Å². The molecule has 0 aliphatic rings. The Hall–Kier alpha value is -1.82. The van der Waals surface area contributed by atoms with Crippen molar-refractivity contribution in [1.29, 1.82) is 0 Å². The van der Waals surface area contributed by atoms with E-state index in [0.717, 1.165) is 0 Å². The molecule has 0 aromatic carbocycles. The molecule has 0 aliphatic heterocycles. The molecule has 18 heavy (non-hydrogen) atoms. The number of aliphatic hydroxyl groups excluding tert-OH is 1. The quantitative estimate of drug-likeness (QED) is 0.751. The van der Waals surface area contributed by atoms with Gasteiger partial charge in [-0.15, -0.1) is 0 Å². The largest absolute Gasteiger partial charge is 0.398 e. The molecule has 0 bridgehead atoms. The molecule has 100 valence electrons. The number of anilines is 1. The van der Waals surface area contributed by atoms with E-state index in [1.54, 1.807) is 14.0 Å². The maximum atomic E-state index is 11.8. The van der Waals surface area contributed by atoms with Crippen molar-refractivity contribution in [3.63, 3.8) is 0 Å². The summed E-state index contributed by atoms with van der Waals surface area (Å²) >= 11 is 0. The molecule has 1 amide bonds. The second-order valence-electron chi connectivity index (χ2n) is 4.38. The minimum absolute atomic E-state index is 0.0415. The standard InChI is InChI=1S/C12H19N3O3/c1-9(16)5-6-14(2)12(18)8-15-7-10(13)3-4-11(15)17/h3-4,7,9,16H,5-6,8,13H2,1-2H3. The fourth-order valence-electron chi connectivity index (χ4n) is 1.45. The molecule has 1 unspecified atom stereocenters. The number of pyridine rings is 1. The number of carbonyl (C=O) groups excluding carboxylic acids is 1. The Morgan fingerprint density at radius 3 is 2.83 bits per heavy atom.